The Hall–Kier alpha value is -2.19. The molecule has 1 aliphatic heterocycles. The van der Waals surface area contributed by atoms with E-state index in [4.69, 9.17) is 9.47 Å². The van der Waals surface area contributed by atoms with Crippen LogP contribution in [0.25, 0.3) is 0 Å². The first-order valence-corrected chi connectivity index (χ1v) is 10.9. The van der Waals surface area contributed by atoms with Gasteiger partial charge in [0.2, 0.25) is 5.91 Å². The zero-order valence-electron chi connectivity index (χ0n) is 16.2. The Labute approximate surface area is 187 Å². The highest BCUT2D eigenvalue weighted by Gasteiger charge is 2.34. The minimum atomic E-state index is -4.40. The minimum Gasteiger partial charge on any atom is -0.488 e. The summed E-state index contributed by atoms with van der Waals surface area (Å²) in [7, 11) is 0. The van der Waals surface area contributed by atoms with Gasteiger partial charge in [0, 0.05) is 26.2 Å². The summed E-state index contributed by atoms with van der Waals surface area (Å²) in [5.74, 6) is 0.209. The Morgan fingerprint density at radius 3 is 2.61 bits per heavy atom. The molecule has 9 nitrogen and oxygen atoms in total. The van der Waals surface area contributed by atoms with Crippen LogP contribution in [0.1, 0.15) is 11.3 Å². The third kappa shape index (κ3) is 6.40. The summed E-state index contributed by atoms with van der Waals surface area (Å²) in [5.41, 5.74) is -0.403. The predicted octanol–water partition coefficient (Wildman–Crippen LogP) is 2.14. The van der Waals surface area contributed by atoms with Crippen molar-refractivity contribution >= 4 is 38.3 Å². The Morgan fingerprint density at radius 1 is 1.19 bits per heavy atom. The zero-order valence-corrected chi connectivity index (χ0v) is 18.6. The molecule has 1 N–H and O–H groups in total. The third-order valence-corrected chi connectivity index (χ3v) is 6.24. The summed E-state index contributed by atoms with van der Waals surface area (Å²) in [6, 6.07) is 0. The standard InChI is InChI=1S/C17H19BrF3N5O4S/c18-14-11(9-23-24-15(14)28)30-8-7-29-6-1-13(27)25-2-4-26(5-3-25)16-22-10-12(31-16)17(19,20)21/h9-10H,1-8H2,(H,24,28). The van der Waals surface area contributed by atoms with E-state index in [0.29, 0.717) is 48.4 Å². The van der Waals surface area contributed by atoms with Crippen molar-refractivity contribution in [3.63, 3.8) is 0 Å². The second kappa shape index (κ2) is 10.4. The lowest BCUT2D eigenvalue weighted by Crippen LogP contribution is -2.49. The van der Waals surface area contributed by atoms with Crippen molar-refractivity contribution in [2.24, 2.45) is 0 Å². The maximum absolute atomic E-state index is 12.7. The number of halogens is 4. The summed E-state index contributed by atoms with van der Waals surface area (Å²) in [6.45, 7) is 2.28. The number of hydrogen-bond acceptors (Lipinski definition) is 8. The number of carbonyl (C=O) groups is 1. The van der Waals surface area contributed by atoms with Crippen LogP contribution in [0.4, 0.5) is 18.3 Å². The molecule has 1 aliphatic rings. The fourth-order valence-electron chi connectivity index (χ4n) is 2.79. The van der Waals surface area contributed by atoms with Gasteiger partial charge in [-0.2, -0.15) is 18.3 Å². The molecule has 1 amide bonds. The van der Waals surface area contributed by atoms with E-state index in [9.17, 15) is 22.8 Å². The maximum Gasteiger partial charge on any atom is 0.427 e. The number of nitrogens with zero attached hydrogens (tertiary/aromatic N) is 4. The summed E-state index contributed by atoms with van der Waals surface area (Å²) < 4.78 is 49.2. The van der Waals surface area contributed by atoms with Crippen LogP contribution in [-0.2, 0) is 15.7 Å². The molecule has 31 heavy (non-hydrogen) atoms. The molecule has 170 valence electrons. The second-order valence-corrected chi connectivity index (χ2v) is 8.26. The van der Waals surface area contributed by atoms with Gasteiger partial charge in [0.1, 0.15) is 16.0 Å². The number of aromatic nitrogens is 3. The van der Waals surface area contributed by atoms with E-state index in [-0.39, 0.29) is 36.6 Å². The number of ether oxygens (including phenoxy) is 2. The summed E-state index contributed by atoms with van der Waals surface area (Å²) in [5, 5.41) is 6.20. The Bertz CT molecular complexity index is 946. The summed E-state index contributed by atoms with van der Waals surface area (Å²) in [4.78, 5) is 30.2. The fourth-order valence-corrected chi connectivity index (χ4v) is 3.93. The largest absolute Gasteiger partial charge is 0.488 e. The van der Waals surface area contributed by atoms with E-state index in [1.165, 1.54) is 6.20 Å². The van der Waals surface area contributed by atoms with Gasteiger partial charge >= 0.3 is 6.18 Å². The van der Waals surface area contributed by atoms with Crippen LogP contribution in [0.3, 0.4) is 0 Å². The number of amides is 1. The van der Waals surface area contributed by atoms with Crippen LogP contribution in [0.15, 0.2) is 21.7 Å². The number of H-pyrrole nitrogens is 1. The van der Waals surface area contributed by atoms with E-state index in [2.05, 4.69) is 31.1 Å². The number of rotatable bonds is 8. The topological polar surface area (TPSA) is 101 Å². The molecule has 0 radical (unpaired) electrons. The molecule has 0 spiro atoms. The first kappa shape index (κ1) is 23.5. The Kier molecular flexibility index (Phi) is 7.89. The average molecular weight is 526 g/mol. The Balaban J connectivity index is 1.32. The van der Waals surface area contributed by atoms with Crippen molar-refractivity contribution in [1.82, 2.24) is 20.1 Å². The molecule has 0 aromatic carbocycles. The van der Waals surface area contributed by atoms with Crippen LogP contribution in [0.2, 0.25) is 0 Å². The van der Waals surface area contributed by atoms with E-state index in [1.807, 2.05) is 0 Å². The average Bonchev–Trinajstić information content (AvgIpc) is 3.24. The SMILES string of the molecule is O=C(CCOCCOc1cn[nH]c(=O)c1Br)N1CCN(c2ncc(C(F)(F)F)s2)CC1. The lowest BCUT2D eigenvalue weighted by atomic mass is 10.3. The molecule has 2 aromatic rings. The second-order valence-electron chi connectivity index (χ2n) is 6.46. The zero-order chi connectivity index (χ0) is 22.4. The molecule has 1 saturated heterocycles. The number of hydrogen-bond donors (Lipinski definition) is 1. The summed E-state index contributed by atoms with van der Waals surface area (Å²) >= 11 is 3.70. The van der Waals surface area contributed by atoms with Gasteiger partial charge in [0.15, 0.2) is 10.9 Å². The monoisotopic (exact) mass is 525 g/mol. The van der Waals surface area contributed by atoms with Crippen LogP contribution >= 0.6 is 27.3 Å². The van der Waals surface area contributed by atoms with Gasteiger partial charge in [-0.1, -0.05) is 11.3 Å². The normalized spacial score (nSPS) is 14.7. The molecule has 3 rings (SSSR count). The van der Waals surface area contributed by atoms with Crippen LogP contribution < -0.4 is 15.2 Å². The van der Waals surface area contributed by atoms with E-state index >= 15 is 0 Å². The predicted molar refractivity (Wildman–Crippen MR) is 109 cm³/mol. The van der Waals surface area contributed by atoms with Crippen molar-refractivity contribution in [1.29, 1.82) is 0 Å². The highest BCUT2D eigenvalue weighted by atomic mass is 79.9. The maximum atomic E-state index is 12.7. The van der Waals surface area contributed by atoms with Gasteiger partial charge in [0.05, 0.1) is 32.0 Å². The van der Waals surface area contributed by atoms with Gasteiger partial charge in [-0.15, -0.1) is 0 Å². The van der Waals surface area contributed by atoms with Crippen LogP contribution in [0, 0.1) is 0 Å². The molecule has 0 aliphatic carbocycles. The van der Waals surface area contributed by atoms with Crippen molar-refractivity contribution < 1.29 is 27.4 Å². The number of anilines is 1. The quantitative estimate of drug-likeness (QED) is 0.527. The molecule has 1 fully saturated rings. The van der Waals surface area contributed by atoms with Gasteiger partial charge in [-0.25, -0.2) is 10.1 Å². The number of alkyl halides is 3. The molecule has 0 unspecified atom stereocenters. The lowest BCUT2D eigenvalue weighted by Gasteiger charge is -2.34. The van der Waals surface area contributed by atoms with E-state index < -0.39 is 16.6 Å². The number of aromatic amines is 1. The van der Waals surface area contributed by atoms with Crippen molar-refractivity contribution in [3.8, 4) is 5.75 Å². The molecular formula is C17H19BrF3N5O4S. The van der Waals surface area contributed by atoms with Crippen molar-refractivity contribution in [3.05, 3.63) is 32.1 Å². The van der Waals surface area contributed by atoms with Gasteiger partial charge in [-0.05, 0) is 15.9 Å². The molecule has 2 aromatic heterocycles. The smallest absolute Gasteiger partial charge is 0.427 e. The molecule has 14 heteroatoms. The van der Waals surface area contributed by atoms with E-state index in [0.717, 1.165) is 6.20 Å². The highest BCUT2D eigenvalue weighted by molar-refractivity contribution is 9.10. The third-order valence-electron chi connectivity index (χ3n) is 4.38. The first-order valence-electron chi connectivity index (χ1n) is 9.25. The number of thiazole rings is 1. The fraction of sp³-hybridized carbons (Fsp3) is 0.529. The molecule has 3 heterocycles. The molecule has 0 bridgehead atoms. The van der Waals surface area contributed by atoms with Gasteiger partial charge in [-0.3, -0.25) is 9.59 Å². The van der Waals surface area contributed by atoms with E-state index in [1.54, 1.807) is 9.80 Å². The van der Waals surface area contributed by atoms with Gasteiger partial charge < -0.3 is 19.3 Å². The molecular weight excluding hydrogens is 507 g/mol. The molecule has 0 atom stereocenters. The van der Waals surface area contributed by atoms with Crippen molar-refractivity contribution in [2.45, 2.75) is 12.6 Å². The minimum absolute atomic E-state index is 0.0859. The summed E-state index contributed by atoms with van der Waals surface area (Å²) in [6.07, 6.45) is -2.01. The van der Waals surface area contributed by atoms with Crippen molar-refractivity contribution in [2.75, 3.05) is 50.9 Å². The molecule has 0 saturated carbocycles. The Morgan fingerprint density at radius 2 is 1.94 bits per heavy atom. The van der Waals surface area contributed by atoms with Crippen LogP contribution in [-0.4, -0.2) is 72.0 Å². The van der Waals surface area contributed by atoms with Crippen LogP contribution in [0.5, 0.6) is 5.75 Å². The lowest BCUT2D eigenvalue weighted by molar-refractivity contribution is -0.134. The van der Waals surface area contributed by atoms with Gasteiger partial charge in [0.25, 0.3) is 5.56 Å². The highest BCUT2D eigenvalue weighted by Crippen LogP contribution is 2.36. The number of carbonyl (C=O) groups excluding carboxylic acids is 1. The number of piperazine rings is 1. The number of nitrogens with one attached hydrogen (secondary N) is 1. The first-order chi connectivity index (χ1) is 14.8.